The molecule has 8 nitrogen and oxygen atoms in total. The van der Waals surface area contributed by atoms with E-state index in [4.69, 9.17) is 9.72 Å². The first-order valence-electron chi connectivity index (χ1n) is 12.8. The minimum absolute atomic E-state index is 0.121. The number of aromatic nitrogens is 5. The molecule has 0 spiro atoms. The molecule has 8 heteroatoms. The molecule has 2 aliphatic heterocycles. The number of hydrogen-bond donors (Lipinski definition) is 0. The molecule has 3 aliphatic rings. The Balaban J connectivity index is 1.40. The Hall–Kier alpha value is -3.00. The van der Waals surface area contributed by atoms with Crippen LogP contribution in [0, 0.1) is 12.8 Å². The number of likely N-dealkylation sites (tertiary alicyclic amines) is 1. The van der Waals surface area contributed by atoms with Gasteiger partial charge in [-0.15, -0.1) is 0 Å². The van der Waals surface area contributed by atoms with Gasteiger partial charge >= 0.3 is 5.97 Å². The molecule has 1 saturated heterocycles. The van der Waals surface area contributed by atoms with Crippen molar-refractivity contribution in [3.63, 3.8) is 0 Å². The van der Waals surface area contributed by atoms with Crippen LogP contribution in [0.25, 0.3) is 22.9 Å². The van der Waals surface area contributed by atoms with Crippen molar-refractivity contribution in [2.45, 2.75) is 77.9 Å². The lowest BCUT2D eigenvalue weighted by Crippen LogP contribution is -2.61. The van der Waals surface area contributed by atoms with Crippen molar-refractivity contribution < 1.29 is 9.53 Å². The number of nitrogens with zero attached hydrogens (tertiary/aromatic N) is 6. The Morgan fingerprint density at radius 3 is 2.54 bits per heavy atom. The molecule has 0 unspecified atom stereocenters. The normalized spacial score (nSPS) is 19.3. The smallest absolute Gasteiger partial charge is 0.331 e. The lowest BCUT2D eigenvalue weighted by atomic mass is 9.69. The summed E-state index contributed by atoms with van der Waals surface area (Å²) in [5.41, 5.74) is 2.99. The van der Waals surface area contributed by atoms with E-state index in [1.165, 1.54) is 24.8 Å². The second-order valence-corrected chi connectivity index (χ2v) is 11.2. The first-order valence-corrected chi connectivity index (χ1v) is 12.8. The van der Waals surface area contributed by atoms with E-state index in [-0.39, 0.29) is 24.0 Å². The number of rotatable bonds is 6. The minimum Gasteiger partial charge on any atom is -0.424 e. The Morgan fingerprint density at radius 1 is 1.09 bits per heavy atom. The van der Waals surface area contributed by atoms with Gasteiger partial charge in [0.2, 0.25) is 0 Å². The highest BCUT2D eigenvalue weighted by Gasteiger charge is 2.48. The van der Waals surface area contributed by atoms with Gasteiger partial charge in [-0.25, -0.2) is 19.4 Å². The average Bonchev–Trinajstić information content (AvgIpc) is 3.39. The Bertz CT molecular complexity index is 1290. The molecule has 0 N–H and O–H groups in total. The first kappa shape index (κ1) is 22.5. The average molecular weight is 475 g/mol. The monoisotopic (exact) mass is 474 g/mol. The van der Waals surface area contributed by atoms with E-state index in [9.17, 15) is 4.79 Å². The molecule has 0 radical (unpaired) electrons. The number of esters is 1. The number of ether oxygens (including phenoxy) is 1. The highest BCUT2D eigenvalue weighted by molar-refractivity contribution is 5.80. The molecule has 2 aromatic heterocycles. The fourth-order valence-electron chi connectivity index (χ4n) is 5.64. The van der Waals surface area contributed by atoms with E-state index in [0.29, 0.717) is 17.6 Å². The highest BCUT2D eigenvalue weighted by Crippen LogP contribution is 2.49. The van der Waals surface area contributed by atoms with Crippen LogP contribution >= 0.6 is 0 Å². The molecule has 1 aromatic carbocycles. The predicted molar refractivity (Wildman–Crippen MR) is 133 cm³/mol. The SMILES string of the molecule is Cc1nc(-c2cn3c(n2)-c2ccc(C4(CC5CC5)CN(C(C)C)C4)cc2OC(=O)C3)n(C(C)C)n1. The number of fused-ring (bicyclic) bond motifs is 3. The van der Waals surface area contributed by atoms with Gasteiger partial charge in [0.15, 0.2) is 5.82 Å². The van der Waals surface area contributed by atoms with Gasteiger partial charge in [0.25, 0.3) is 0 Å². The molecule has 3 aromatic rings. The lowest BCUT2D eigenvalue weighted by molar-refractivity contribution is -0.134. The minimum atomic E-state index is -0.277. The Labute approximate surface area is 206 Å². The molecular weight excluding hydrogens is 440 g/mol. The van der Waals surface area contributed by atoms with Gasteiger partial charge in [0.05, 0.1) is 5.56 Å². The van der Waals surface area contributed by atoms with Crippen molar-refractivity contribution in [2.24, 2.45) is 5.92 Å². The third kappa shape index (κ3) is 3.88. The third-order valence-corrected chi connectivity index (χ3v) is 7.71. The summed E-state index contributed by atoms with van der Waals surface area (Å²) in [5, 5.41) is 4.53. The topological polar surface area (TPSA) is 78.1 Å². The van der Waals surface area contributed by atoms with E-state index < -0.39 is 0 Å². The number of imidazole rings is 1. The summed E-state index contributed by atoms with van der Waals surface area (Å²) in [6.45, 7) is 12.8. The summed E-state index contributed by atoms with van der Waals surface area (Å²) in [5.74, 6) is 3.32. The van der Waals surface area contributed by atoms with Crippen molar-refractivity contribution in [1.82, 2.24) is 29.2 Å². The van der Waals surface area contributed by atoms with Crippen LogP contribution in [-0.4, -0.2) is 54.3 Å². The molecule has 0 bridgehead atoms. The number of aryl methyl sites for hydroxylation is 1. The van der Waals surface area contributed by atoms with Crippen LogP contribution in [0.15, 0.2) is 24.4 Å². The third-order valence-electron chi connectivity index (χ3n) is 7.71. The van der Waals surface area contributed by atoms with Crippen LogP contribution in [0.4, 0.5) is 0 Å². The van der Waals surface area contributed by atoms with Gasteiger partial charge in [0, 0.05) is 36.8 Å². The second kappa shape index (κ2) is 8.01. The Morgan fingerprint density at radius 2 is 1.86 bits per heavy atom. The van der Waals surface area contributed by atoms with Crippen molar-refractivity contribution >= 4 is 5.97 Å². The molecule has 0 atom stereocenters. The summed E-state index contributed by atoms with van der Waals surface area (Å²) < 4.78 is 9.63. The maximum atomic E-state index is 12.8. The quantitative estimate of drug-likeness (QED) is 0.390. The molecule has 2 fully saturated rings. The molecule has 0 amide bonds. The number of carbonyl (C=O) groups is 1. The molecule has 1 saturated carbocycles. The van der Waals surface area contributed by atoms with Crippen molar-refractivity contribution in [2.75, 3.05) is 13.1 Å². The van der Waals surface area contributed by atoms with Gasteiger partial charge in [-0.1, -0.05) is 18.9 Å². The first-order chi connectivity index (χ1) is 16.7. The molecule has 4 heterocycles. The standard InChI is InChI=1S/C27H34N6O2/c1-16(2)32-14-27(15-32,11-19-6-7-19)20-8-9-21-23(10-20)35-24(34)13-31-12-22(29-25(21)31)26-28-18(5)30-33(26)17(3)4/h8-10,12,16-17,19H,6-7,11,13-15H2,1-5H3. The zero-order valence-corrected chi connectivity index (χ0v) is 21.3. The van der Waals surface area contributed by atoms with Crippen LogP contribution in [0.5, 0.6) is 5.75 Å². The van der Waals surface area contributed by atoms with Gasteiger partial charge in [-0.3, -0.25) is 4.90 Å². The van der Waals surface area contributed by atoms with Crippen LogP contribution in [0.1, 0.15) is 64.4 Å². The summed E-state index contributed by atoms with van der Waals surface area (Å²) in [6.07, 6.45) is 5.78. The number of hydrogen-bond acceptors (Lipinski definition) is 6. The lowest BCUT2D eigenvalue weighted by Gasteiger charge is -2.53. The Kier molecular flexibility index (Phi) is 5.14. The maximum absolute atomic E-state index is 12.8. The van der Waals surface area contributed by atoms with E-state index in [1.807, 2.05) is 22.4 Å². The van der Waals surface area contributed by atoms with Gasteiger partial charge < -0.3 is 9.30 Å². The fourth-order valence-corrected chi connectivity index (χ4v) is 5.64. The van der Waals surface area contributed by atoms with E-state index >= 15 is 0 Å². The van der Waals surface area contributed by atoms with Crippen LogP contribution < -0.4 is 4.74 Å². The summed E-state index contributed by atoms with van der Waals surface area (Å²) in [6, 6.07) is 7.14. The molecule has 184 valence electrons. The maximum Gasteiger partial charge on any atom is 0.331 e. The van der Waals surface area contributed by atoms with Crippen LogP contribution in [0.3, 0.4) is 0 Å². The van der Waals surface area contributed by atoms with E-state index in [0.717, 1.165) is 41.9 Å². The summed E-state index contributed by atoms with van der Waals surface area (Å²) in [4.78, 5) is 24.9. The van der Waals surface area contributed by atoms with Crippen LogP contribution in [0.2, 0.25) is 0 Å². The second-order valence-electron chi connectivity index (χ2n) is 11.2. The molecular formula is C27H34N6O2. The highest BCUT2D eigenvalue weighted by atomic mass is 16.5. The molecule has 6 rings (SSSR count). The van der Waals surface area contributed by atoms with Crippen molar-refractivity contribution in [3.8, 4) is 28.7 Å². The zero-order valence-electron chi connectivity index (χ0n) is 21.3. The van der Waals surface area contributed by atoms with Crippen molar-refractivity contribution in [1.29, 1.82) is 0 Å². The van der Waals surface area contributed by atoms with Crippen LogP contribution in [-0.2, 0) is 16.8 Å². The molecule has 1 aliphatic carbocycles. The summed E-state index contributed by atoms with van der Waals surface area (Å²) >= 11 is 0. The molecule has 35 heavy (non-hydrogen) atoms. The van der Waals surface area contributed by atoms with Gasteiger partial charge in [-0.2, -0.15) is 5.10 Å². The predicted octanol–water partition coefficient (Wildman–Crippen LogP) is 4.38. The zero-order chi connectivity index (χ0) is 24.5. The van der Waals surface area contributed by atoms with Crippen molar-refractivity contribution in [3.05, 3.63) is 35.8 Å². The number of benzene rings is 1. The number of carbonyl (C=O) groups excluding carboxylic acids is 1. The fraction of sp³-hybridized carbons (Fsp3) is 0.556. The van der Waals surface area contributed by atoms with Gasteiger partial charge in [0.1, 0.15) is 29.6 Å². The van der Waals surface area contributed by atoms with Gasteiger partial charge in [-0.05, 0) is 64.7 Å². The summed E-state index contributed by atoms with van der Waals surface area (Å²) in [7, 11) is 0. The van der Waals surface area contributed by atoms with E-state index in [2.05, 4.69) is 60.9 Å². The van der Waals surface area contributed by atoms with E-state index in [1.54, 1.807) is 0 Å². The largest absolute Gasteiger partial charge is 0.424 e.